The molecular formula is C21H23FN2O3. The number of carbonyl (C=O) groups is 1. The molecule has 0 heterocycles. The molecule has 0 spiro atoms. The zero-order valence-electron chi connectivity index (χ0n) is 15.1. The number of para-hydroxylation sites is 1. The lowest BCUT2D eigenvalue weighted by molar-refractivity contribution is -0.385. The van der Waals surface area contributed by atoms with Crippen LogP contribution in [-0.4, -0.2) is 28.3 Å². The van der Waals surface area contributed by atoms with E-state index in [4.69, 9.17) is 0 Å². The number of hydrogen-bond acceptors (Lipinski definition) is 3. The second-order valence-electron chi connectivity index (χ2n) is 6.96. The van der Waals surface area contributed by atoms with E-state index >= 15 is 0 Å². The van der Waals surface area contributed by atoms with Gasteiger partial charge in [0.25, 0.3) is 5.69 Å². The first-order valence-electron chi connectivity index (χ1n) is 9.31. The lowest BCUT2D eigenvalue weighted by Gasteiger charge is -2.29. The average Bonchev–Trinajstić information content (AvgIpc) is 3.18. The Morgan fingerprint density at radius 3 is 2.44 bits per heavy atom. The van der Waals surface area contributed by atoms with E-state index < -0.39 is 4.92 Å². The summed E-state index contributed by atoms with van der Waals surface area (Å²) in [5.74, 6) is -0.364. The van der Waals surface area contributed by atoms with Gasteiger partial charge in [-0.25, -0.2) is 4.39 Å². The summed E-state index contributed by atoms with van der Waals surface area (Å²) >= 11 is 0. The van der Waals surface area contributed by atoms with Gasteiger partial charge in [0.15, 0.2) is 0 Å². The minimum atomic E-state index is -0.443. The molecule has 6 heteroatoms. The number of hydrogen-bond donors (Lipinski definition) is 0. The van der Waals surface area contributed by atoms with Crippen LogP contribution in [0.5, 0.6) is 0 Å². The second-order valence-corrected chi connectivity index (χ2v) is 6.96. The van der Waals surface area contributed by atoms with Gasteiger partial charge in [-0.2, -0.15) is 0 Å². The second kappa shape index (κ2) is 8.75. The molecule has 1 aliphatic carbocycles. The summed E-state index contributed by atoms with van der Waals surface area (Å²) in [6.07, 6.45) is 4.78. The Labute approximate surface area is 158 Å². The van der Waals surface area contributed by atoms with Crippen LogP contribution in [0.25, 0.3) is 0 Å². The van der Waals surface area contributed by atoms with Crippen LogP contribution < -0.4 is 0 Å². The van der Waals surface area contributed by atoms with Crippen LogP contribution in [-0.2, 0) is 17.6 Å². The fourth-order valence-corrected chi connectivity index (χ4v) is 3.73. The van der Waals surface area contributed by atoms with Gasteiger partial charge in [-0.1, -0.05) is 43.2 Å². The first-order chi connectivity index (χ1) is 13.0. The summed E-state index contributed by atoms with van der Waals surface area (Å²) in [7, 11) is 0. The minimum absolute atomic E-state index is 0.0178. The molecule has 0 atom stereocenters. The van der Waals surface area contributed by atoms with E-state index in [9.17, 15) is 19.3 Å². The van der Waals surface area contributed by atoms with E-state index in [-0.39, 0.29) is 29.9 Å². The summed E-state index contributed by atoms with van der Waals surface area (Å²) in [5, 5.41) is 11.2. The predicted molar refractivity (Wildman–Crippen MR) is 101 cm³/mol. The molecule has 2 aromatic rings. The number of nitrogens with zero attached hydrogens (tertiary/aromatic N) is 2. The first kappa shape index (κ1) is 19.0. The molecule has 3 rings (SSSR count). The van der Waals surface area contributed by atoms with E-state index in [2.05, 4.69) is 0 Å². The van der Waals surface area contributed by atoms with Crippen molar-refractivity contribution in [2.45, 2.75) is 44.6 Å². The van der Waals surface area contributed by atoms with Gasteiger partial charge in [0, 0.05) is 24.2 Å². The Bertz CT molecular complexity index is 801. The van der Waals surface area contributed by atoms with Crippen molar-refractivity contribution in [2.24, 2.45) is 0 Å². The van der Waals surface area contributed by atoms with Gasteiger partial charge in [0.2, 0.25) is 5.91 Å². The molecule has 0 radical (unpaired) electrons. The summed E-state index contributed by atoms with van der Waals surface area (Å²) in [6, 6.07) is 12.9. The van der Waals surface area contributed by atoms with Crippen molar-refractivity contribution >= 4 is 11.6 Å². The van der Waals surface area contributed by atoms with Gasteiger partial charge in [0.1, 0.15) is 5.82 Å². The Morgan fingerprint density at radius 2 is 1.78 bits per heavy atom. The molecule has 0 bridgehead atoms. The van der Waals surface area contributed by atoms with Crippen LogP contribution in [0.2, 0.25) is 0 Å². The molecule has 0 unspecified atom stereocenters. The molecule has 1 fully saturated rings. The zero-order chi connectivity index (χ0) is 19.2. The van der Waals surface area contributed by atoms with E-state index in [1.165, 1.54) is 18.2 Å². The Morgan fingerprint density at radius 1 is 1.11 bits per heavy atom. The quantitative estimate of drug-likeness (QED) is 0.539. The molecule has 1 saturated carbocycles. The third kappa shape index (κ3) is 4.90. The van der Waals surface area contributed by atoms with Crippen molar-refractivity contribution in [2.75, 3.05) is 6.54 Å². The fraction of sp³-hybridized carbons (Fsp3) is 0.381. The highest BCUT2D eigenvalue weighted by Crippen LogP contribution is 2.26. The number of halogens is 1. The van der Waals surface area contributed by atoms with E-state index in [1.807, 2.05) is 4.90 Å². The van der Waals surface area contributed by atoms with Crippen LogP contribution in [0.3, 0.4) is 0 Å². The fourth-order valence-electron chi connectivity index (χ4n) is 3.73. The molecule has 0 aromatic heterocycles. The molecular weight excluding hydrogens is 347 g/mol. The lowest BCUT2D eigenvalue weighted by Crippen LogP contribution is -2.41. The van der Waals surface area contributed by atoms with Gasteiger partial charge in [0.05, 0.1) is 11.3 Å². The molecule has 2 aromatic carbocycles. The molecule has 1 aliphatic rings. The van der Waals surface area contributed by atoms with Gasteiger partial charge in [-0.3, -0.25) is 14.9 Å². The number of amides is 1. The summed E-state index contributed by atoms with van der Waals surface area (Å²) in [6.45, 7) is 0.537. The first-order valence-corrected chi connectivity index (χ1v) is 9.31. The highest BCUT2D eigenvalue weighted by Gasteiger charge is 2.27. The minimum Gasteiger partial charge on any atom is -0.339 e. The number of nitro groups is 1. The number of rotatable bonds is 7. The van der Waals surface area contributed by atoms with Gasteiger partial charge in [-0.05, 0) is 37.0 Å². The normalized spacial score (nSPS) is 14.3. The van der Waals surface area contributed by atoms with E-state index in [0.29, 0.717) is 18.5 Å². The van der Waals surface area contributed by atoms with Gasteiger partial charge < -0.3 is 4.90 Å². The van der Waals surface area contributed by atoms with Crippen LogP contribution in [0.15, 0.2) is 48.5 Å². The van der Waals surface area contributed by atoms with Crippen molar-refractivity contribution in [3.63, 3.8) is 0 Å². The van der Waals surface area contributed by atoms with Crippen LogP contribution in [0.4, 0.5) is 10.1 Å². The lowest BCUT2D eigenvalue weighted by atomic mass is 10.1. The number of benzene rings is 2. The van der Waals surface area contributed by atoms with Gasteiger partial charge in [-0.15, -0.1) is 0 Å². The van der Waals surface area contributed by atoms with Crippen molar-refractivity contribution in [3.05, 3.63) is 75.6 Å². The zero-order valence-corrected chi connectivity index (χ0v) is 15.1. The Hall–Kier alpha value is -2.76. The summed E-state index contributed by atoms with van der Waals surface area (Å²) in [5.41, 5.74) is 1.39. The highest BCUT2D eigenvalue weighted by molar-refractivity contribution is 5.80. The maximum Gasteiger partial charge on any atom is 0.273 e. The average molecular weight is 370 g/mol. The third-order valence-corrected chi connectivity index (χ3v) is 5.17. The smallest absolute Gasteiger partial charge is 0.273 e. The molecule has 0 saturated heterocycles. The SMILES string of the molecule is O=C(Cc1ccccc1[N+](=O)[O-])N(CCc1ccc(F)cc1)C1CCCC1. The summed E-state index contributed by atoms with van der Waals surface area (Å²) in [4.78, 5) is 25.6. The monoisotopic (exact) mass is 370 g/mol. The Balaban J connectivity index is 1.73. The number of nitro benzene ring substituents is 1. The predicted octanol–water partition coefficient (Wildman–Crippen LogP) is 4.29. The molecule has 27 heavy (non-hydrogen) atoms. The Kier molecular flexibility index (Phi) is 6.16. The maximum atomic E-state index is 13.1. The van der Waals surface area contributed by atoms with Crippen molar-refractivity contribution < 1.29 is 14.1 Å². The topological polar surface area (TPSA) is 63.4 Å². The molecule has 0 aliphatic heterocycles. The van der Waals surface area contributed by atoms with E-state index in [1.54, 1.807) is 30.3 Å². The van der Waals surface area contributed by atoms with Crippen LogP contribution >= 0.6 is 0 Å². The third-order valence-electron chi connectivity index (χ3n) is 5.17. The summed E-state index contributed by atoms with van der Waals surface area (Å²) < 4.78 is 13.1. The standard InChI is InChI=1S/C21H23FN2O3/c22-18-11-9-16(10-12-18)13-14-23(19-6-2-3-7-19)21(25)15-17-5-1-4-8-20(17)24(26)27/h1,4-5,8-12,19H,2-3,6-7,13-15H2. The van der Waals surface area contributed by atoms with E-state index in [0.717, 1.165) is 31.2 Å². The van der Waals surface area contributed by atoms with Crippen molar-refractivity contribution in [1.29, 1.82) is 0 Å². The van der Waals surface area contributed by atoms with Gasteiger partial charge >= 0.3 is 0 Å². The largest absolute Gasteiger partial charge is 0.339 e. The number of carbonyl (C=O) groups excluding carboxylic acids is 1. The maximum absolute atomic E-state index is 13.1. The molecule has 5 nitrogen and oxygen atoms in total. The van der Waals surface area contributed by atoms with Crippen LogP contribution in [0.1, 0.15) is 36.8 Å². The highest BCUT2D eigenvalue weighted by atomic mass is 19.1. The van der Waals surface area contributed by atoms with Crippen molar-refractivity contribution in [1.82, 2.24) is 4.90 Å². The molecule has 0 N–H and O–H groups in total. The van der Waals surface area contributed by atoms with Crippen LogP contribution in [0, 0.1) is 15.9 Å². The molecule has 1 amide bonds. The van der Waals surface area contributed by atoms with Crippen molar-refractivity contribution in [3.8, 4) is 0 Å². The molecule has 142 valence electrons.